The molecule has 2 aromatic carbocycles. The predicted molar refractivity (Wildman–Crippen MR) is 124 cm³/mol. The SMILES string of the molecule is CCNC(=NCCCc1c[nH]c2ccccc12)N1CCN(c2ccccc2O)CC1. The van der Waals surface area contributed by atoms with E-state index in [1.165, 1.54) is 16.5 Å². The van der Waals surface area contributed by atoms with Crippen molar-refractivity contribution in [2.24, 2.45) is 4.99 Å². The van der Waals surface area contributed by atoms with Crippen LogP contribution in [0.15, 0.2) is 59.7 Å². The Morgan fingerprint density at radius 2 is 1.83 bits per heavy atom. The Balaban J connectivity index is 1.32. The molecule has 0 radical (unpaired) electrons. The third kappa shape index (κ3) is 4.53. The number of phenolic OH excluding ortho intramolecular Hbond substituents is 1. The number of aliphatic imine (C=N–C) groups is 1. The average molecular weight is 406 g/mol. The molecule has 0 bridgehead atoms. The Bertz CT molecular complexity index is 988. The van der Waals surface area contributed by atoms with E-state index in [4.69, 9.17) is 4.99 Å². The second-order valence-corrected chi connectivity index (χ2v) is 7.66. The van der Waals surface area contributed by atoms with Crippen molar-refractivity contribution in [1.29, 1.82) is 0 Å². The number of anilines is 1. The van der Waals surface area contributed by atoms with Gasteiger partial charge < -0.3 is 25.2 Å². The van der Waals surface area contributed by atoms with Crippen molar-refractivity contribution in [3.8, 4) is 5.75 Å². The summed E-state index contributed by atoms with van der Waals surface area (Å²) in [5.41, 5.74) is 3.48. The van der Waals surface area contributed by atoms with Gasteiger partial charge in [0, 0.05) is 56.4 Å². The fourth-order valence-electron chi connectivity index (χ4n) is 4.11. The van der Waals surface area contributed by atoms with Crippen molar-refractivity contribution >= 4 is 22.5 Å². The summed E-state index contributed by atoms with van der Waals surface area (Å²) in [5, 5.41) is 14.9. The van der Waals surface area contributed by atoms with Crippen molar-refractivity contribution in [2.45, 2.75) is 19.8 Å². The van der Waals surface area contributed by atoms with Gasteiger partial charge in [-0.15, -0.1) is 0 Å². The highest BCUT2D eigenvalue weighted by atomic mass is 16.3. The van der Waals surface area contributed by atoms with E-state index in [0.29, 0.717) is 5.75 Å². The smallest absolute Gasteiger partial charge is 0.194 e. The van der Waals surface area contributed by atoms with Gasteiger partial charge in [-0.1, -0.05) is 30.3 Å². The monoisotopic (exact) mass is 405 g/mol. The van der Waals surface area contributed by atoms with Crippen LogP contribution in [0.3, 0.4) is 0 Å². The number of para-hydroxylation sites is 3. The molecule has 0 saturated carbocycles. The minimum absolute atomic E-state index is 0.351. The van der Waals surface area contributed by atoms with Gasteiger partial charge in [-0.2, -0.15) is 0 Å². The molecule has 0 unspecified atom stereocenters. The molecule has 2 heterocycles. The minimum Gasteiger partial charge on any atom is -0.506 e. The molecule has 1 fully saturated rings. The summed E-state index contributed by atoms with van der Waals surface area (Å²) in [6, 6.07) is 16.0. The molecule has 30 heavy (non-hydrogen) atoms. The number of fused-ring (bicyclic) bond motifs is 1. The molecule has 0 atom stereocenters. The van der Waals surface area contributed by atoms with Crippen LogP contribution in [0, 0.1) is 0 Å². The lowest BCUT2D eigenvalue weighted by molar-refractivity contribution is 0.370. The van der Waals surface area contributed by atoms with Crippen LogP contribution in [0.5, 0.6) is 5.75 Å². The van der Waals surface area contributed by atoms with E-state index in [0.717, 1.165) is 63.8 Å². The fourth-order valence-corrected chi connectivity index (χ4v) is 4.11. The zero-order chi connectivity index (χ0) is 20.8. The zero-order valence-electron chi connectivity index (χ0n) is 17.6. The molecule has 3 N–H and O–H groups in total. The normalized spacial score (nSPS) is 15.0. The van der Waals surface area contributed by atoms with Crippen LogP contribution < -0.4 is 10.2 Å². The zero-order valence-corrected chi connectivity index (χ0v) is 17.6. The number of piperazine rings is 1. The second-order valence-electron chi connectivity index (χ2n) is 7.66. The lowest BCUT2D eigenvalue weighted by atomic mass is 10.1. The molecule has 3 aromatic rings. The lowest BCUT2D eigenvalue weighted by Crippen LogP contribution is -2.52. The quantitative estimate of drug-likeness (QED) is 0.333. The van der Waals surface area contributed by atoms with Crippen molar-refractivity contribution in [3.63, 3.8) is 0 Å². The van der Waals surface area contributed by atoms with Crippen LogP contribution in [0.1, 0.15) is 18.9 Å². The molecule has 0 spiro atoms. The number of aromatic amines is 1. The number of aromatic hydroxyl groups is 1. The van der Waals surface area contributed by atoms with E-state index in [1.54, 1.807) is 6.07 Å². The third-order valence-corrected chi connectivity index (χ3v) is 5.68. The summed E-state index contributed by atoms with van der Waals surface area (Å²) in [7, 11) is 0. The van der Waals surface area contributed by atoms with Crippen LogP contribution in [-0.4, -0.2) is 60.2 Å². The van der Waals surface area contributed by atoms with Crippen molar-refractivity contribution < 1.29 is 5.11 Å². The minimum atomic E-state index is 0.351. The van der Waals surface area contributed by atoms with Gasteiger partial charge in [0.05, 0.1) is 5.69 Å². The number of aryl methyl sites for hydroxylation is 1. The average Bonchev–Trinajstić information content (AvgIpc) is 3.20. The standard InChI is InChI=1S/C24H31N5O/c1-2-25-24(26-13-7-8-19-18-27-21-10-4-3-9-20(19)21)29-16-14-28(15-17-29)22-11-5-6-12-23(22)30/h3-6,9-12,18,27,30H,2,7-8,13-17H2,1H3,(H,25,26). The van der Waals surface area contributed by atoms with Gasteiger partial charge in [-0.05, 0) is 43.5 Å². The first-order valence-corrected chi connectivity index (χ1v) is 10.9. The number of hydrogen-bond acceptors (Lipinski definition) is 3. The maximum atomic E-state index is 10.1. The van der Waals surface area contributed by atoms with E-state index in [2.05, 4.69) is 57.5 Å². The fraction of sp³-hybridized carbons (Fsp3) is 0.375. The van der Waals surface area contributed by atoms with E-state index in [-0.39, 0.29) is 0 Å². The summed E-state index contributed by atoms with van der Waals surface area (Å²) in [5.74, 6) is 1.34. The molecular formula is C24H31N5O. The molecular weight excluding hydrogens is 374 g/mol. The Morgan fingerprint density at radius 3 is 2.63 bits per heavy atom. The van der Waals surface area contributed by atoms with Crippen LogP contribution in [0.2, 0.25) is 0 Å². The largest absolute Gasteiger partial charge is 0.506 e. The van der Waals surface area contributed by atoms with Gasteiger partial charge in [0.2, 0.25) is 0 Å². The lowest BCUT2D eigenvalue weighted by Gasteiger charge is -2.37. The Kier molecular flexibility index (Phi) is 6.42. The molecule has 1 aliphatic rings. The maximum absolute atomic E-state index is 10.1. The van der Waals surface area contributed by atoms with Crippen molar-refractivity contribution in [3.05, 3.63) is 60.3 Å². The summed E-state index contributed by atoms with van der Waals surface area (Å²) in [6.45, 7) is 7.31. The maximum Gasteiger partial charge on any atom is 0.194 e. The summed E-state index contributed by atoms with van der Waals surface area (Å²) >= 11 is 0. The first-order valence-electron chi connectivity index (χ1n) is 10.9. The van der Waals surface area contributed by atoms with E-state index in [1.807, 2.05) is 18.2 Å². The highest BCUT2D eigenvalue weighted by Crippen LogP contribution is 2.27. The van der Waals surface area contributed by atoms with Crippen LogP contribution in [0.4, 0.5) is 5.69 Å². The number of aromatic nitrogens is 1. The van der Waals surface area contributed by atoms with Gasteiger partial charge in [-0.25, -0.2) is 0 Å². The summed E-state index contributed by atoms with van der Waals surface area (Å²) in [6.07, 6.45) is 4.17. The van der Waals surface area contributed by atoms with Gasteiger partial charge in [0.15, 0.2) is 5.96 Å². The molecule has 1 saturated heterocycles. The number of benzene rings is 2. The Hall–Kier alpha value is -3.15. The highest BCUT2D eigenvalue weighted by Gasteiger charge is 2.21. The van der Waals surface area contributed by atoms with E-state index < -0.39 is 0 Å². The van der Waals surface area contributed by atoms with Crippen LogP contribution in [-0.2, 0) is 6.42 Å². The molecule has 6 nitrogen and oxygen atoms in total. The molecule has 158 valence electrons. The number of nitrogens with zero attached hydrogens (tertiary/aromatic N) is 3. The highest BCUT2D eigenvalue weighted by molar-refractivity contribution is 5.83. The molecule has 1 aromatic heterocycles. The second kappa shape index (κ2) is 9.57. The molecule has 6 heteroatoms. The summed E-state index contributed by atoms with van der Waals surface area (Å²) in [4.78, 5) is 12.8. The summed E-state index contributed by atoms with van der Waals surface area (Å²) < 4.78 is 0. The number of H-pyrrole nitrogens is 1. The molecule has 1 aliphatic heterocycles. The van der Waals surface area contributed by atoms with Crippen LogP contribution >= 0.6 is 0 Å². The number of nitrogens with one attached hydrogen (secondary N) is 2. The topological polar surface area (TPSA) is 66.9 Å². The van der Waals surface area contributed by atoms with E-state index in [9.17, 15) is 5.11 Å². The molecule has 0 aliphatic carbocycles. The van der Waals surface area contributed by atoms with Gasteiger partial charge in [0.1, 0.15) is 5.75 Å². The first kappa shape index (κ1) is 20.1. The molecule has 0 amide bonds. The van der Waals surface area contributed by atoms with Gasteiger partial charge >= 0.3 is 0 Å². The van der Waals surface area contributed by atoms with E-state index >= 15 is 0 Å². The van der Waals surface area contributed by atoms with Crippen molar-refractivity contribution in [2.75, 3.05) is 44.2 Å². The number of guanidine groups is 1. The van der Waals surface area contributed by atoms with Gasteiger partial charge in [-0.3, -0.25) is 4.99 Å². The number of phenols is 1. The Labute approximate surface area is 178 Å². The Morgan fingerprint density at radius 1 is 1.07 bits per heavy atom. The predicted octanol–water partition coefficient (Wildman–Crippen LogP) is 3.59. The van der Waals surface area contributed by atoms with Gasteiger partial charge in [0.25, 0.3) is 0 Å². The molecule has 4 rings (SSSR count). The van der Waals surface area contributed by atoms with Crippen molar-refractivity contribution in [1.82, 2.24) is 15.2 Å². The van der Waals surface area contributed by atoms with Crippen LogP contribution in [0.25, 0.3) is 10.9 Å². The number of hydrogen-bond donors (Lipinski definition) is 3. The first-order chi connectivity index (χ1) is 14.8. The third-order valence-electron chi connectivity index (χ3n) is 5.68. The number of rotatable bonds is 6.